The Morgan fingerprint density at radius 2 is 1.60 bits per heavy atom. The summed E-state index contributed by atoms with van der Waals surface area (Å²) < 4.78 is 10.6. The van der Waals surface area contributed by atoms with Crippen LogP contribution in [0.5, 0.6) is 5.75 Å². The minimum atomic E-state index is -0.527. The van der Waals surface area contributed by atoms with Crippen LogP contribution in [0.25, 0.3) is 17.2 Å². The van der Waals surface area contributed by atoms with Gasteiger partial charge in [0.05, 0.1) is 19.0 Å². The zero-order valence-electron chi connectivity index (χ0n) is 29.2. The van der Waals surface area contributed by atoms with E-state index in [9.17, 15) is 19.2 Å². The Morgan fingerprint density at radius 3 is 2.27 bits per heavy atom. The van der Waals surface area contributed by atoms with Crippen molar-refractivity contribution in [2.45, 2.75) is 37.3 Å². The molecule has 5 aromatic rings. The molecule has 52 heavy (non-hydrogen) atoms. The fourth-order valence-electron chi connectivity index (χ4n) is 5.14. The van der Waals surface area contributed by atoms with Gasteiger partial charge in [0.1, 0.15) is 22.0 Å². The number of methoxy groups -OCH3 is 1. The minimum absolute atomic E-state index is 0.0428. The van der Waals surface area contributed by atoms with E-state index < -0.39 is 23.0 Å². The third-order valence-electron chi connectivity index (χ3n) is 7.86. The Balaban J connectivity index is 1.33. The third-order valence-corrected chi connectivity index (χ3v) is 10.1. The molecule has 1 aromatic heterocycles. The second kappa shape index (κ2) is 18.0. The van der Waals surface area contributed by atoms with Gasteiger partial charge in [0.2, 0.25) is 5.91 Å². The molecule has 1 atom stereocenters. The highest BCUT2D eigenvalue weighted by atomic mass is 32.2. The number of thioether (sulfide) groups is 1. The van der Waals surface area contributed by atoms with Gasteiger partial charge in [-0.15, -0.1) is 23.1 Å². The zero-order chi connectivity index (χ0) is 37.0. The van der Waals surface area contributed by atoms with Crippen LogP contribution in [0.3, 0.4) is 0 Å². The number of amides is 3. The van der Waals surface area contributed by atoms with Crippen LogP contribution in [-0.4, -0.2) is 42.7 Å². The van der Waals surface area contributed by atoms with E-state index >= 15 is 0 Å². The van der Waals surface area contributed by atoms with Gasteiger partial charge >= 0.3 is 5.97 Å². The zero-order valence-corrected chi connectivity index (χ0v) is 30.9. The highest BCUT2D eigenvalue weighted by Gasteiger charge is 2.26. The molecule has 1 heterocycles. The topological polar surface area (TPSA) is 123 Å². The summed E-state index contributed by atoms with van der Waals surface area (Å²) in [5.41, 5.74) is 4.58. The number of hydrogen-bond acceptors (Lipinski definition) is 8. The molecule has 0 aliphatic heterocycles. The fourth-order valence-corrected chi connectivity index (χ4v) is 7.11. The first-order chi connectivity index (χ1) is 25.2. The van der Waals surface area contributed by atoms with Crippen molar-refractivity contribution in [2.24, 2.45) is 0 Å². The van der Waals surface area contributed by atoms with Gasteiger partial charge in [-0.05, 0) is 79.9 Å². The molecule has 266 valence electrons. The van der Waals surface area contributed by atoms with Crippen LogP contribution >= 0.6 is 23.1 Å². The second-order valence-electron chi connectivity index (χ2n) is 11.6. The van der Waals surface area contributed by atoms with Crippen LogP contribution in [0.15, 0.2) is 119 Å². The Hall–Kier alpha value is -5.65. The van der Waals surface area contributed by atoms with E-state index in [4.69, 9.17) is 9.47 Å². The number of carbonyl (C=O) groups is 4. The first-order valence-corrected chi connectivity index (χ1v) is 18.4. The lowest BCUT2D eigenvalue weighted by atomic mass is 10.0. The highest BCUT2D eigenvalue weighted by molar-refractivity contribution is 8.00. The van der Waals surface area contributed by atoms with Crippen molar-refractivity contribution in [1.82, 2.24) is 5.32 Å². The molecule has 9 nitrogen and oxygen atoms in total. The molecule has 0 aliphatic carbocycles. The van der Waals surface area contributed by atoms with Crippen molar-refractivity contribution in [3.8, 4) is 16.9 Å². The lowest BCUT2D eigenvalue weighted by Crippen LogP contribution is -2.30. The van der Waals surface area contributed by atoms with Gasteiger partial charge in [-0.3, -0.25) is 14.4 Å². The SMILES string of the molecule is CCOC(=O)c1c(-c2ccc(C)cc2)csc1NC(=O)C(CC)Sc1cccc(NC(=O)/C(=C\c2ccc(OC)cc2)NC(=O)c2ccccc2)c1. The number of anilines is 2. The summed E-state index contributed by atoms with van der Waals surface area (Å²) in [6.45, 7) is 5.85. The first-order valence-electron chi connectivity index (χ1n) is 16.7. The Labute approximate surface area is 311 Å². The van der Waals surface area contributed by atoms with Crippen molar-refractivity contribution < 1.29 is 28.7 Å². The molecular formula is C41H39N3O6S2. The molecule has 1 unspecified atom stereocenters. The van der Waals surface area contributed by atoms with Crippen LogP contribution in [-0.2, 0) is 14.3 Å². The van der Waals surface area contributed by atoms with Crippen molar-refractivity contribution in [3.05, 3.63) is 136 Å². The molecule has 0 saturated heterocycles. The molecule has 0 radical (unpaired) electrons. The summed E-state index contributed by atoms with van der Waals surface area (Å²) in [6, 6.07) is 30.7. The summed E-state index contributed by atoms with van der Waals surface area (Å²) in [4.78, 5) is 54.2. The summed E-state index contributed by atoms with van der Waals surface area (Å²) >= 11 is 2.62. The van der Waals surface area contributed by atoms with Crippen molar-refractivity contribution in [3.63, 3.8) is 0 Å². The van der Waals surface area contributed by atoms with E-state index in [1.54, 1.807) is 92.9 Å². The predicted molar refractivity (Wildman–Crippen MR) is 209 cm³/mol. The number of nitrogens with one attached hydrogen (secondary N) is 3. The number of aryl methyl sites for hydroxylation is 1. The van der Waals surface area contributed by atoms with E-state index in [1.807, 2.05) is 49.6 Å². The van der Waals surface area contributed by atoms with Gasteiger partial charge in [-0.1, -0.05) is 73.2 Å². The number of ether oxygens (including phenoxy) is 2. The number of hydrogen-bond donors (Lipinski definition) is 3. The molecule has 0 spiro atoms. The van der Waals surface area contributed by atoms with Crippen LogP contribution < -0.4 is 20.7 Å². The molecular weight excluding hydrogens is 695 g/mol. The predicted octanol–water partition coefficient (Wildman–Crippen LogP) is 8.83. The van der Waals surface area contributed by atoms with Gasteiger partial charge in [0, 0.05) is 27.1 Å². The van der Waals surface area contributed by atoms with E-state index in [0.29, 0.717) is 45.1 Å². The van der Waals surface area contributed by atoms with Crippen molar-refractivity contribution in [2.75, 3.05) is 24.4 Å². The largest absolute Gasteiger partial charge is 0.497 e. The monoisotopic (exact) mass is 733 g/mol. The number of rotatable bonds is 14. The second-order valence-corrected chi connectivity index (χ2v) is 13.7. The maximum atomic E-state index is 13.7. The minimum Gasteiger partial charge on any atom is -0.497 e. The van der Waals surface area contributed by atoms with Crippen molar-refractivity contribution >= 4 is 63.6 Å². The molecule has 4 aromatic carbocycles. The highest BCUT2D eigenvalue weighted by Crippen LogP contribution is 2.37. The van der Waals surface area contributed by atoms with Gasteiger partial charge in [-0.2, -0.15) is 0 Å². The average Bonchev–Trinajstić information content (AvgIpc) is 3.58. The van der Waals surface area contributed by atoms with Crippen molar-refractivity contribution in [1.29, 1.82) is 0 Å². The molecule has 0 fully saturated rings. The van der Waals surface area contributed by atoms with Crippen LogP contribution in [0.1, 0.15) is 52.1 Å². The quantitative estimate of drug-likeness (QED) is 0.0592. The van der Waals surface area contributed by atoms with E-state index in [1.165, 1.54) is 23.1 Å². The Bertz CT molecular complexity index is 2060. The lowest BCUT2D eigenvalue weighted by molar-refractivity contribution is -0.116. The summed E-state index contributed by atoms with van der Waals surface area (Å²) in [5, 5.41) is 10.4. The molecule has 0 aliphatic rings. The standard InChI is InChI=1S/C41H39N3O6S2/c1-5-35(39(47)44-40-36(41(48)50-6-2)33(25-51-40)28-19-15-26(3)16-20-28)52-32-14-10-13-30(24-32)42-38(46)34(23-27-17-21-31(49-4)22-18-27)43-37(45)29-11-8-7-9-12-29/h7-25,35H,5-6H2,1-4H3,(H,42,46)(H,43,45)(H,44,47)/b34-23+. The number of benzene rings is 4. The van der Waals surface area contributed by atoms with Gasteiger partial charge < -0.3 is 25.4 Å². The average molecular weight is 734 g/mol. The van der Waals surface area contributed by atoms with Gasteiger partial charge in [0.25, 0.3) is 11.8 Å². The van der Waals surface area contributed by atoms with Crippen LogP contribution in [0.4, 0.5) is 10.7 Å². The van der Waals surface area contributed by atoms with E-state index in [0.717, 1.165) is 16.0 Å². The maximum absolute atomic E-state index is 13.7. The number of esters is 1. The molecule has 0 saturated carbocycles. The lowest BCUT2D eigenvalue weighted by Gasteiger charge is -2.16. The van der Waals surface area contributed by atoms with Gasteiger partial charge in [-0.25, -0.2) is 4.79 Å². The normalized spacial score (nSPS) is 11.7. The first kappa shape index (κ1) is 37.6. The van der Waals surface area contributed by atoms with E-state index in [-0.39, 0.29) is 18.2 Å². The number of carbonyl (C=O) groups excluding carboxylic acids is 4. The maximum Gasteiger partial charge on any atom is 0.341 e. The molecule has 3 amide bonds. The molecule has 11 heteroatoms. The molecule has 3 N–H and O–H groups in total. The van der Waals surface area contributed by atoms with Crippen LogP contribution in [0, 0.1) is 6.92 Å². The third kappa shape index (κ3) is 9.77. The molecule has 0 bridgehead atoms. The smallest absolute Gasteiger partial charge is 0.341 e. The molecule has 5 rings (SSSR count). The summed E-state index contributed by atoms with van der Waals surface area (Å²) in [5.74, 6) is -1.07. The summed E-state index contributed by atoms with van der Waals surface area (Å²) in [6.07, 6.45) is 2.09. The Kier molecular flexibility index (Phi) is 13.0. The van der Waals surface area contributed by atoms with Gasteiger partial charge in [0.15, 0.2) is 0 Å². The van der Waals surface area contributed by atoms with E-state index in [2.05, 4.69) is 16.0 Å². The Morgan fingerprint density at radius 1 is 0.865 bits per heavy atom. The number of thiophene rings is 1. The van der Waals surface area contributed by atoms with Crippen LogP contribution in [0.2, 0.25) is 0 Å². The fraction of sp³-hybridized carbons (Fsp3) is 0.171. The summed E-state index contributed by atoms with van der Waals surface area (Å²) in [7, 11) is 1.57.